The molecular formula is C32H28N2O5S. The lowest BCUT2D eigenvalue weighted by molar-refractivity contribution is -0.154. The molecule has 0 bridgehead atoms. The molecule has 1 N–H and O–H groups in total. The van der Waals surface area contributed by atoms with Crippen molar-refractivity contribution in [3.8, 4) is 0 Å². The maximum absolute atomic E-state index is 14.0. The Kier molecular flexibility index (Phi) is 7.42. The fourth-order valence-electron chi connectivity index (χ4n) is 5.18. The van der Waals surface area contributed by atoms with E-state index in [4.69, 9.17) is 9.47 Å². The number of fused-ring (bicyclic) bond motifs is 1. The van der Waals surface area contributed by atoms with Crippen molar-refractivity contribution in [1.29, 1.82) is 0 Å². The number of benzene rings is 3. The second kappa shape index (κ2) is 11.4. The third-order valence-corrected chi connectivity index (χ3v) is 8.40. The lowest BCUT2D eigenvalue weighted by atomic mass is 10.00. The summed E-state index contributed by atoms with van der Waals surface area (Å²) in [6.45, 7) is 0.526. The van der Waals surface area contributed by atoms with Crippen molar-refractivity contribution in [3.05, 3.63) is 131 Å². The van der Waals surface area contributed by atoms with Gasteiger partial charge in [0.05, 0.1) is 13.0 Å². The minimum Gasteiger partial charge on any atom is -0.493 e. The van der Waals surface area contributed by atoms with E-state index in [0.29, 0.717) is 23.7 Å². The molecule has 2 amide bonds. The molecule has 0 spiro atoms. The van der Waals surface area contributed by atoms with Crippen molar-refractivity contribution in [3.63, 3.8) is 0 Å². The summed E-state index contributed by atoms with van der Waals surface area (Å²) < 4.78 is 12.0. The third kappa shape index (κ3) is 5.14. The van der Waals surface area contributed by atoms with E-state index in [9.17, 15) is 14.4 Å². The molecule has 0 saturated carbocycles. The molecule has 3 aliphatic rings. The fourth-order valence-corrected chi connectivity index (χ4v) is 6.53. The fraction of sp³-hybridized carbons (Fsp3) is 0.219. The Morgan fingerprint density at radius 2 is 1.57 bits per heavy atom. The van der Waals surface area contributed by atoms with Crippen molar-refractivity contribution in [2.75, 3.05) is 12.4 Å². The molecule has 40 heavy (non-hydrogen) atoms. The number of rotatable bonds is 8. The number of ether oxygens (including phenoxy) is 2. The van der Waals surface area contributed by atoms with Gasteiger partial charge in [-0.3, -0.25) is 14.5 Å². The highest BCUT2D eigenvalue weighted by molar-refractivity contribution is 8.00. The van der Waals surface area contributed by atoms with Gasteiger partial charge in [-0.2, -0.15) is 0 Å². The molecule has 0 aromatic heterocycles. The Hall–Kier alpha value is -4.30. The first-order chi connectivity index (χ1) is 19.6. The largest absolute Gasteiger partial charge is 0.493 e. The molecule has 6 rings (SSSR count). The standard InChI is InChI=1S/C32H28N2O5S/c35-26(19-21-11-4-1-5-12-21)33-27-30(36)34-28(24(20-40-31(27)34)25-17-10-18-38-25)32(37)39-29(22-13-6-2-7-14-22)23-15-8-3-9-16-23/h1-9,11-17,27,29,31H,10,18-20H2,(H,33,35)/t27-,31-/m1/s1. The maximum Gasteiger partial charge on any atom is 0.356 e. The summed E-state index contributed by atoms with van der Waals surface area (Å²) in [5.74, 6) is -0.108. The van der Waals surface area contributed by atoms with E-state index in [-0.39, 0.29) is 23.9 Å². The molecule has 7 nitrogen and oxygen atoms in total. The number of carbonyl (C=O) groups excluding carboxylic acids is 3. The van der Waals surface area contributed by atoms with Crippen molar-refractivity contribution >= 4 is 29.5 Å². The SMILES string of the molecule is O=C(Cc1ccccc1)N[C@@H]1C(=O)N2C(C(=O)OC(c3ccccc3)c3ccccc3)=C(C3=CCCO3)CS[C@H]12. The highest BCUT2D eigenvalue weighted by Crippen LogP contribution is 2.44. The summed E-state index contributed by atoms with van der Waals surface area (Å²) in [6, 6.07) is 27.7. The lowest BCUT2D eigenvalue weighted by Crippen LogP contribution is -2.70. The number of hydrogen-bond acceptors (Lipinski definition) is 6. The molecule has 3 aliphatic heterocycles. The maximum atomic E-state index is 14.0. The number of β-lactam (4-membered cyclic amide) rings is 1. The molecule has 0 unspecified atom stereocenters. The van der Waals surface area contributed by atoms with Crippen molar-refractivity contribution < 1.29 is 23.9 Å². The van der Waals surface area contributed by atoms with Crippen molar-refractivity contribution in [2.45, 2.75) is 30.4 Å². The van der Waals surface area contributed by atoms with Crippen LogP contribution in [0.2, 0.25) is 0 Å². The van der Waals surface area contributed by atoms with Crippen LogP contribution in [0.25, 0.3) is 0 Å². The van der Waals surface area contributed by atoms with Gasteiger partial charge < -0.3 is 14.8 Å². The topological polar surface area (TPSA) is 84.9 Å². The van der Waals surface area contributed by atoms with Crippen LogP contribution in [0.1, 0.15) is 29.2 Å². The van der Waals surface area contributed by atoms with Gasteiger partial charge in [0, 0.05) is 17.7 Å². The van der Waals surface area contributed by atoms with Crippen LogP contribution in [-0.2, 0) is 30.3 Å². The zero-order valence-corrected chi connectivity index (χ0v) is 22.5. The quantitative estimate of drug-likeness (QED) is 0.327. The average Bonchev–Trinajstić information content (AvgIpc) is 3.54. The molecule has 3 heterocycles. The number of esters is 1. The van der Waals surface area contributed by atoms with Crippen molar-refractivity contribution in [2.24, 2.45) is 0 Å². The molecule has 3 aromatic rings. The zero-order chi connectivity index (χ0) is 27.5. The van der Waals surface area contributed by atoms with Gasteiger partial charge in [-0.05, 0) is 22.8 Å². The summed E-state index contributed by atoms with van der Waals surface area (Å²) in [4.78, 5) is 41.7. The molecule has 1 fully saturated rings. The number of amides is 2. The van der Waals surface area contributed by atoms with Gasteiger partial charge in [0.1, 0.15) is 22.9 Å². The number of thioether (sulfide) groups is 1. The van der Waals surface area contributed by atoms with Gasteiger partial charge >= 0.3 is 5.97 Å². The number of hydrogen-bond donors (Lipinski definition) is 1. The predicted molar refractivity (Wildman–Crippen MR) is 152 cm³/mol. The predicted octanol–water partition coefficient (Wildman–Crippen LogP) is 4.52. The first-order valence-electron chi connectivity index (χ1n) is 13.3. The van der Waals surface area contributed by atoms with Crippen LogP contribution in [0.3, 0.4) is 0 Å². The third-order valence-electron chi connectivity index (χ3n) is 7.12. The first-order valence-corrected chi connectivity index (χ1v) is 14.3. The Morgan fingerprint density at radius 1 is 0.950 bits per heavy atom. The average molecular weight is 553 g/mol. The van der Waals surface area contributed by atoms with E-state index in [0.717, 1.165) is 23.1 Å². The van der Waals surface area contributed by atoms with Crippen LogP contribution in [0, 0.1) is 0 Å². The highest BCUT2D eigenvalue weighted by atomic mass is 32.2. The van der Waals surface area contributed by atoms with E-state index in [1.165, 1.54) is 16.7 Å². The molecule has 2 atom stereocenters. The first kappa shape index (κ1) is 26.0. The van der Waals surface area contributed by atoms with Gasteiger partial charge in [-0.15, -0.1) is 11.8 Å². The Bertz CT molecular complexity index is 1430. The number of nitrogens with zero attached hydrogens (tertiary/aromatic N) is 1. The van der Waals surface area contributed by atoms with Crippen LogP contribution < -0.4 is 5.32 Å². The minimum atomic E-state index is -0.719. The number of allylic oxidation sites excluding steroid dienone is 1. The Morgan fingerprint density at radius 3 is 2.17 bits per heavy atom. The zero-order valence-electron chi connectivity index (χ0n) is 21.7. The number of nitrogens with one attached hydrogen (secondary N) is 1. The molecule has 3 aromatic carbocycles. The molecule has 8 heteroatoms. The van der Waals surface area contributed by atoms with Crippen LogP contribution in [0.5, 0.6) is 0 Å². The second-order valence-electron chi connectivity index (χ2n) is 9.76. The van der Waals surface area contributed by atoms with E-state index in [2.05, 4.69) is 5.32 Å². The smallest absolute Gasteiger partial charge is 0.356 e. The summed E-state index contributed by atoms with van der Waals surface area (Å²) in [5, 5.41) is 2.47. The number of carbonyl (C=O) groups is 3. The molecule has 0 aliphatic carbocycles. The Balaban J connectivity index is 1.27. The molecular weight excluding hydrogens is 524 g/mol. The summed E-state index contributed by atoms with van der Waals surface area (Å²) in [5.41, 5.74) is 3.34. The van der Waals surface area contributed by atoms with Crippen LogP contribution in [-0.4, -0.2) is 46.5 Å². The van der Waals surface area contributed by atoms with Gasteiger partial charge in [0.2, 0.25) is 5.91 Å². The molecule has 0 radical (unpaired) electrons. The van der Waals surface area contributed by atoms with Gasteiger partial charge in [-0.25, -0.2) is 4.79 Å². The lowest BCUT2D eigenvalue weighted by Gasteiger charge is -2.49. The van der Waals surface area contributed by atoms with Crippen LogP contribution in [0.15, 0.2) is 114 Å². The van der Waals surface area contributed by atoms with Crippen molar-refractivity contribution in [1.82, 2.24) is 10.2 Å². The van der Waals surface area contributed by atoms with E-state index < -0.39 is 23.5 Å². The van der Waals surface area contributed by atoms with Gasteiger partial charge in [0.25, 0.3) is 5.91 Å². The van der Waals surface area contributed by atoms with E-state index >= 15 is 0 Å². The second-order valence-corrected chi connectivity index (χ2v) is 10.9. The van der Waals surface area contributed by atoms with Gasteiger partial charge in [-0.1, -0.05) is 91.0 Å². The summed E-state index contributed by atoms with van der Waals surface area (Å²) >= 11 is 1.50. The molecule has 1 saturated heterocycles. The highest BCUT2D eigenvalue weighted by Gasteiger charge is 2.55. The normalized spacial score (nSPS) is 19.9. The van der Waals surface area contributed by atoms with Crippen LogP contribution in [0.4, 0.5) is 0 Å². The molecule has 202 valence electrons. The van der Waals surface area contributed by atoms with E-state index in [1.807, 2.05) is 97.1 Å². The monoisotopic (exact) mass is 552 g/mol. The van der Waals surface area contributed by atoms with E-state index in [1.54, 1.807) is 0 Å². The van der Waals surface area contributed by atoms with Crippen LogP contribution >= 0.6 is 11.8 Å². The minimum absolute atomic E-state index is 0.175. The Labute approximate surface area is 236 Å². The summed E-state index contributed by atoms with van der Waals surface area (Å²) in [7, 11) is 0. The van der Waals surface area contributed by atoms with Gasteiger partial charge in [0.15, 0.2) is 6.10 Å². The summed E-state index contributed by atoms with van der Waals surface area (Å²) in [6.07, 6.45) is 2.19.